The number of nitro groups is 1. The van der Waals surface area contributed by atoms with Crippen LogP contribution >= 0.6 is 12.4 Å². The first-order chi connectivity index (χ1) is 12.0. The van der Waals surface area contributed by atoms with Crippen LogP contribution in [0.2, 0.25) is 0 Å². The summed E-state index contributed by atoms with van der Waals surface area (Å²) in [4.78, 5) is 23.5. The molecule has 2 heterocycles. The number of carbonyl (C=O) groups excluding carboxylic acids is 1. The molecule has 2 unspecified atom stereocenters. The molecule has 2 N–H and O–H groups in total. The van der Waals surface area contributed by atoms with Crippen molar-refractivity contribution in [2.75, 3.05) is 13.7 Å². The molecule has 0 saturated carbocycles. The molecule has 2 saturated heterocycles. The largest absolute Gasteiger partial charge is 0.493 e. The van der Waals surface area contributed by atoms with Crippen LogP contribution in [0.25, 0.3) is 0 Å². The van der Waals surface area contributed by atoms with Crippen molar-refractivity contribution in [2.24, 2.45) is 0 Å². The van der Waals surface area contributed by atoms with Crippen LogP contribution in [0, 0.1) is 10.1 Å². The number of rotatable bonds is 6. The molecule has 9 heteroatoms. The van der Waals surface area contributed by atoms with E-state index in [1.54, 1.807) is 6.92 Å². The number of nitro benzene ring substituents is 1. The highest BCUT2D eigenvalue weighted by molar-refractivity contribution is 5.99. The minimum absolute atomic E-state index is 0. The highest BCUT2D eigenvalue weighted by Crippen LogP contribution is 2.35. The summed E-state index contributed by atoms with van der Waals surface area (Å²) in [6.07, 6.45) is 3.94. The first-order valence-corrected chi connectivity index (χ1v) is 8.58. The van der Waals surface area contributed by atoms with E-state index in [1.165, 1.54) is 19.2 Å². The highest BCUT2D eigenvalue weighted by Gasteiger charge is 2.35. The fourth-order valence-corrected chi connectivity index (χ4v) is 3.75. The molecular weight excluding hydrogens is 362 g/mol. The van der Waals surface area contributed by atoms with Crippen LogP contribution < -0.4 is 20.1 Å². The van der Waals surface area contributed by atoms with E-state index < -0.39 is 10.8 Å². The Bertz CT molecular complexity index is 673. The van der Waals surface area contributed by atoms with Crippen LogP contribution in [-0.2, 0) is 0 Å². The average molecular weight is 386 g/mol. The second-order valence-corrected chi connectivity index (χ2v) is 6.49. The smallest absolute Gasteiger partial charge is 0.286 e. The number of hydrogen-bond acceptors (Lipinski definition) is 6. The molecule has 0 aliphatic carbocycles. The van der Waals surface area contributed by atoms with E-state index in [0.29, 0.717) is 24.4 Å². The van der Waals surface area contributed by atoms with E-state index in [2.05, 4.69) is 10.6 Å². The number of amides is 1. The van der Waals surface area contributed by atoms with Gasteiger partial charge in [-0.25, -0.2) is 0 Å². The number of fused-ring (bicyclic) bond motifs is 2. The number of piperidine rings is 1. The van der Waals surface area contributed by atoms with Crippen molar-refractivity contribution in [1.29, 1.82) is 0 Å². The Hall–Kier alpha value is -2.06. The highest BCUT2D eigenvalue weighted by atomic mass is 35.5. The zero-order valence-electron chi connectivity index (χ0n) is 14.8. The van der Waals surface area contributed by atoms with E-state index in [4.69, 9.17) is 9.47 Å². The Balaban J connectivity index is 0.00000243. The maximum absolute atomic E-state index is 12.7. The number of benzene rings is 1. The van der Waals surface area contributed by atoms with Crippen LogP contribution in [0.3, 0.4) is 0 Å². The minimum Gasteiger partial charge on any atom is -0.493 e. The van der Waals surface area contributed by atoms with Gasteiger partial charge in [0.1, 0.15) is 5.56 Å². The molecule has 1 amide bonds. The third-order valence-corrected chi connectivity index (χ3v) is 4.83. The summed E-state index contributed by atoms with van der Waals surface area (Å²) < 4.78 is 10.6. The zero-order chi connectivity index (χ0) is 18.0. The van der Waals surface area contributed by atoms with Crippen molar-refractivity contribution >= 4 is 24.0 Å². The lowest BCUT2D eigenvalue weighted by molar-refractivity contribution is -0.385. The number of nitrogens with one attached hydrogen (secondary N) is 2. The van der Waals surface area contributed by atoms with Gasteiger partial charge < -0.3 is 20.1 Å². The summed E-state index contributed by atoms with van der Waals surface area (Å²) in [5.41, 5.74) is -0.283. The fraction of sp³-hybridized carbons (Fsp3) is 0.588. The maximum Gasteiger partial charge on any atom is 0.286 e. The Morgan fingerprint density at radius 2 is 1.96 bits per heavy atom. The van der Waals surface area contributed by atoms with E-state index >= 15 is 0 Å². The van der Waals surface area contributed by atoms with Crippen LogP contribution in [-0.4, -0.2) is 42.7 Å². The van der Waals surface area contributed by atoms with Gasteiger partial charge in [0.05, 0.1) is 24.7 Å². The second-order valence-electron chi connectivity index (χ2n) is 6.49. The van der Waals surface area contributed by atoms with Gasteiger partial charge in [-0.2, -0.15) is 0 Å². The predicted molar refractivity (Wildman–Crippen MR) is 98.5 cm³/mol. The first-order valence-electron chi connectivity index (χ1n) is 8.58. The van der Waals surface area contributed by atoms with Crippen LogP contribution in [0.5, 0.6) is 11.5 Å². The van der Waals surface area contributed by atoms with Crippen LogP contribution in [0.15, 0.2) is 12.1 Å². The quantitative estimate of drug-likeness (QED) is 0.576. The van der Waals surface area contributed by atoms with Crippen molar-refractivity contribution < 1.29 is 19.2 Å². The Kier molecular flexibility index (Phi) is 6.66. The van der Waals surface area contributed by atoms with Crippen molar-refractivity contribution in [2.45, 2.75) is 50.7 Å². The lowest BCUT2D eigenvalue weighted by Crippen LogP contribution is -2.48. The maximum atomic E-state index is 12.7. The van der Waals surface area contributed by atoms with Crippen molar-refractivity contribution in [3.05, 3.63) is 27.8 Å². The third kappa shape index (κ3) is 4.19. The van der Waals surface area contributed by atoms with E-state index in [1.807, 2.05) is 0 Å². The van der Waals surface area contributed by atoms with Crippen molar-refractivity contribution in [3.63, 3.8) is 0 Å². The SMILES string of the molecule is CCOc1cc([N+](=O)[O-])c(C(=O)NC2CC3CCC(C2)N3)cc1OC.Cl. The summed E-state index contributed by atoms with van der Waals surface area (Å²) >= 11 is 0. The fourth-order valence-electron chi connectivity index (χ4n) is 3.75. The average Bonchev–Trinajstić information content (AvgIpc) is 2.93. The summed E-state index contributed by atoms with van der Waals surface area (Å²) in [7, 11) is 1.44. The topological polar surface area (TPSA) is 103 Å². The molecule has 2 aliphatic heterocycles. The molecule has 0 radical (unpaired) electrons. The molecule has 1 aromatic carbocycles. The molecule has 2 aliphatic rings. The minimum atomic E-state index is -0.566. The number of carbonyl (C=O) groups is 1. The molecule has 0 spiro atoms. The van der Waals surface area contributed by atoms with E-state index in [0.717, 1.165) is 25.7 Å². The number of methoxy groups -OCH3 is 1. The summed E-state index contributed by atoms with van der Waals surface area (Å²) in [6.45, 7) is 2.12. The van der Waals surface area contributed by atoms with Gasteiger partial charge in [-0.3, -0.25) is 14.9 Å². The third-order valence-electron chi connectivity index (χ3n) is 4.83. The molecule has 8 nitrogen and oxygen atoms in total. The lowest BCUT2D eigenvalue weighted by atomic mass is 9.99. The zero-order valence-corrected chi connectivity index (χ0v) is 15.6. The molecule has 144 valence electrons. The molecule has 2 bridgehead atoms. The first kappa shape index (κ1) is 20.3. The van der Waals surface area contributed by atoms with Gasteiger partial charge in [-0.1, -0.05) is 0 Å². The van der Waals surface area contributed by atoms with Crippen LogP contribution in [0.4, 0.5) is 5.69 Å². The molecule has 2 atom stereocenters. The van der Waals surface area contributed by atoms with Crippen LogP contribution in [0.1, 0.15) is 43.0 Å². The summed E-state index contributed by atoms with van der Waals surface area (Å²) in [5, 5.41) is 17.9. The van der Waals surface area contributed by atoms with Gasteiger partial charge in [0.25, 0.3) is 11.6 Å². The van der Waals surface area contributed by atoms with Gasteiger partial charge in [0, 0.05) is 24.2 Å². The number of hydrogen-bond donors (Lipinski definition) is 2. The van der Waals surface area contributed by atoms with Gasteiger partial charge in [0.15, 0.2) is 11.5 Å². The van der Waals surface area contributed by atoms with Crippen molar-refractivity contribution in [3.8, 4) is 11.5 Å². The van der Waals surface area contributed by atoms with Gasteiger partial charge >= 0.3 is 0 Å². The second kappa shape index (κ2) is 8.55. The van der Waals surface area contributed by atoms with Gasteiger partial charge in [-0.15, -0.1) is 12.4 Å². The molecule has 0 aromatic heterocycles. The number of halogens is 1. The molecule has 3 rings (SSSR count). The molecule has 26 heavy (non-hydrogen) atoms. The molecule has 1 aromatic rings. The predicted octanol–water partition coefficient (Wildman–Crippen LogP) is 2.44. The normalized spacial score (nSPS) is 23.7. The Morgan fingerprint density at radius 1 is 1.31 bits per heavy atom. The monoisotopic (exact) mass is 385 g/mol. The summed E-state index contributed by atoms with van der Waals surface area (Å²) in [5.74, 6) is 0.121. The van der Waals surface area contributed by atoms with E-state index in [-0.39, 0.29) is 35.4 Å². The van der Waals surface area contributed by atoms with Crippen molar-refractivity contribution in [1.82, 2.24) is 10.6 Å². The van der Waals surface area contributed by atoms with Gasteiger partial charge in [-0.05, 0) is 32.6 Å². The molecular formula is C17H24ClN3O5. The lowest BCUT2D eigenvalue weighted by Gasteiger charge is -2.29. The molecule has 2 fully saturated rings. The van der Waals surface area contributed by atoms with E-state index in [9.17, 15) is 14.9 Å². The standard InChI is InChI=1S/C17H23N3O5.ClH/c1-3-25-16-9-14(20(22)23)13(8-15(16)24-2)17(21)19-12-6-10-4-5-11(7-12)18-10;/h8-12,18H,3-7H2,1-2H3,(H,19,21);1H. The Labute approximate surface area is 158 Å². The summed E-state index contributed by atoms with van der Waals surface area (Å²) in [6, 6.07) is 3.52. The number of ether oxygens (including phenoxy) is 2. The number of nitrogens with zero attached hydrogens (tertiary/aromatic N) is 1. The Morgan fingerprint density at radius 3 is 2.50 bits per heavy atom. The van der Waals surface area contributed by atoms with Gasteiger partial charge in [0.2, 0.25) is 0 Å².